The van der Waals surface area contributed by atoms with Gasteiger partial charge in [-0.15, -0.1) is 0 Å². The second-order valence-electron chi connectivity index (χ2n) is 5.70. The van der Waals surface area contributed by atoms with Crippen molar-refractivity contribution in [3.05, 3.63) is 35.1 Å². The van der Waals surface area contributed by atoms with Crippen molar-refractivity contribution in [2.24, 2.45) is 5.73 Å². The number of halogens is 1. The molecule has 0 unspecified atom stereocenters. The molecule has 1 aliphatic carbocycles. The van der Waals surface area contributed by atoms with Crippen molar-refractivity contribution in [2.45, 2.75) is 25.3 Å². The summed E-state index contributed by atoms with van der Waals surface area (Å²) in [4.78, 5) is 2.29. The molecule has 5 heteroatoms. The first kappa shape index (κ1) is 11.9. The van der Waals surface area contributed by atoms with E-state index >= 15 is 0 Å². The van der Waals surface area contributed by atoms with E-state index < -0.39 is 0 Å². The molecular formula is C15H17FN4. The lowest BCUT2D eigenvalue weighted by molar-refractivity contribution is 0.498. The highest BCUT2D eigenvalue weighted by Crippen LogP contribution is 2.40. The smallest absolute Gasteiger partial charge is 0.154 e. The summed E-state index contributed by atoms with van der Waals surface area (Å²) in [5, 5.41) is 7.60. The fraction of sp³-hybridized carbons (Fsp3) is 0.400. The fourth-order valence-corrected chi connectivity index (χ4v) is 3.26. The molecular weight excluding hydrogens is 255 g/mol. The third-order valence-electron chi connectivity index (χ3n) is 4.39. The topological polar surface area (TPSA) is 57.9 Å². The molecule has 0 amide bonds. The van der Waals surface area contributed by atoms with Gasteiger partial charge in [-0.2, -0.15) is 5.10 Å². The maximum absolute atomic E-state index is 13.3. The van der Waals surface area contributed by atoms with Gasteiger partial charge in [0.1, 0.15) is 5.82 Å². The van der Waals surface area contributed by atoms with Crippen LogP contribution in [0.5, 0.6) is 0 Å². The van der Waals surface area contributed by atoms with E-state index in [-0.39, 0.29) is 5.82 Å². The number of piperidine rings is 1. The molecule has 0 atom stereocenters. The first-order valence-electron chi connectivity index (χ1n) is 7.09. The van der Waals surface area contributed by atoms with Gasteiger partial charge in [-0.1, -0.05) is 0 Å². The molecule has 4 rings (SSSR count). The van der Waals surface area contributed by atoms with Crippen molar-refractivity contribution in [1.29, 1.82) is 0 Å². The Bertz CT molecular complexity index is 656. The molecule has 3 N–H and O–H groups in total. The van der Waals surface area contributed by atoms with Crippen LogP contribution >= 0.6 is 0 Å². The number of hydrogen-bond donors (Lipinski definition) is 2. The van der Waals surface area contributed by atoms with E-state index in [4.69, 9.17) is 5.73 Å². The zero-order valence-corrected chi connectivity index (χ0v) is 11.2. The molecule has 2 aromatic rings. The lowest BCUT2D eigenvalue weighted by Crippen LogP contribution is -2.40. The van der Waals surface area contributed by atoms with Crippen LogP contribution in [-0.2, 0) is 6.42 Å². The van der Waals surface area contributed by atoms with Crippen molar-refractivity contribution < 1.29 is 4.39 Å². The Morgan fingerprint density at radius 2 is 2.10 bits per heavy atom. The van der Waals surface area contributed by atoms with E-state index in [0.29, 0.717) is 6.04 Å². The lowest BCUT2D eigenvalue weighted by atomic mass is 10.1. The zero-order valence-electron chi connectivity index (χ0n) is 11.2. The molecule has 20 heavy (non-hydrogen) atoms. The quantitative estimate of drug-likeness (QED) is 0.713. The number of anilines is 1. The molecule has 104 valence electrons. The van der Waals surface area contributed by atoms with Gasteiger partial charge in [-0.3, -0.25) is 5.10 Å². The average Bonchev–Trinajstić information content (AvgIpc) is 2.98. The number of rotatable bonds is 1. The highest BCUT2D eigenvalue weighted by molar-refractivity contribution is 5.78. The van der Waals surface area contributed by atoms with Gasteiger partial charge in [0.25, 0.3) is 0 Å². The summed E-state index contributed by atoms with van der Waals surface area (Å²) >= 11 is 0. The van der Waals surface area contributed by atoms with E-state index in [0.717, 1.165) is 55.0 Å². The predicted molar refractivity (Wildman–Crippen MR) is 76.2 cm³/mol. The first-order valence-corrected chi connectivity index (χ1v) is 7.09. The summed E-state index contributed by atoms with van der Waals surface area (Å²) in [5.74, 6) is 0.843. The molecule has 1 aromatic carbocycles. The molecule has 2 heterocycles. The van der Waals surface area contributed by atoms with Crippen molar-refractivity contribution in [3.63, 3.8) is 0 Å². The molecule has 0 radical (unpaired) electrons. The Labute approximate surface area is 116 Å². The van der Waals surface area contributed by atoms with Crippen LogP contribution in [0.1, 0.15) is 24.0 Å². The Hall–Kier alpha value is -1.88. The van der Waals surface area contributed by atoms with Crippen molar-refractivity contribution in [1.82, 2.24) is 10.2 Å². The van der Waals surface area contributed by atoms with E-state index in [2.05, 4.69) is 15.1 Å². The second kappa shape index (κ2) is 4.31. The standard InChI is InChI=1S/C15H17FN4/c16-10-1-2-12-9(7-10)8-13-14(12)18-19-15(13)20-5-3-11(17)4-6-20/h1-2,7,11H,3-6,8,17H2,(H,18,19). The molecule has 0 spiro atoms. The fourth-order valence-electron chi connectivity index (χ4n) is 3.26. The van der Waals surface area contributed by atoms with Crippen molar-refractivity contribution in [3.8, 4) is 11.3 Å². The second-order valence-corrected chi connectivity index (χ2v) is 5.70. The zero-order chi connectivity index (χ0) is 13.7. The third kappa shape index (κ3) is 1.73. The number of benzene rings is 1. The molecule has 1 aliphatic heterocycles. The first-order chi connectivity index (χ1) is 9.72. The maximum Gasteiger partial charge on any atom is 0.154 e. The van der Waals surface area contributed by atoms with Gasteiger partial charge in [0, 0.05) is 36.7 Å². The van der Waals surface area contributed by atoms with Crippen LogP contribution in [0.25, 0.3) is 11.3 Å². The third-order valence-corrected chi connectivity index (χ3v) is 4.39. The number of nitrogens with two attached hydrogens (primary N) is 1. The van der Waals surface area contributed by atoms with Gasteiger partial charge in [-0.05, 0) is 36.6 Å². The van der Waals surface area contributed by atoms with Crippen LogP contribution < -0.4 is 10.6 Å². The minimum Gasteiger partial charge on any atom is -0.355 e. The van der Waals surface area contributed by atoms with Gasteiger partial charge >= 0.3 is 0 Å². The average molecular weight is 272 g/mol. The van der Waals surface area contributed by atoms with E-state index in [9.17, 15) is 4.39 Å². The van der Waals surface area contributed by atoms with Crippen LogP contribution in [-0.4, -0.2) is 29.3 Å². The van der Waals surface area contributed by atoms with E-state index in [1.807, 2.05) is 6.07 Å². The number of hydrogen-bond acceptors (Lipinski definition) is 3. The molecule has 1 saturated heterocycles. The number of nitrogens with one attached hydrogen (secondary N) is 1. The summed E-state index contributed by atoms with van der Waals surface area (Å²) in [5.41, 5.74) is 10.3. The Morgan fingerprint density at radius 3 is 2.90 bits per heavy atom. The Morgan fingerprint density at radius 1 is 1.30 bits per heavy atom. The number of H-pyrrole nitrogens is 1. The summed E-state index contributed by atoms with van der Waals surface area (Å²) < 4.78 is 13.3. The highest BCUT2D eigenvalue weighted by Gasteiger charge is 2.28. The number of fused-ring (bicyclic) bond motifs is 3. The normalized spacial score (nSPS) is 18.2. The number of nitrogens with zero attached hydrogens (tertiary/aromatic N) is 2. The molecule has 4 nitrogen and oxygen atoms in total. The molecule has 1 fully saturated rings. The summed E-state index contributed by atoms with van der Waals surface area (Å²) in [7, 11) is 0. The summed E-state index contributed by atoms with van der Waals surface area (Å²) in [6.45, 7) is 1.90. The predicted octanol–water partition coefficient (Wildman–Crippen LogP) is 2.05. The van der Waals surface area contributed by atoms with Gasteiger partial charge in [-0.25, -0.2) is 4.39 Å². The van der Waals surface area contributed by atoms with Crippen molar-refractivity contribution >= 4 is 5.82 Å². The van der Waals surface area contributed by atoms with Crippen LogP contribution in [0.3, 0.4) is 0 Å². The molecule has 1 aromatic heterocycles. The minimum atomic E-state index is -0.174. The molecule has 0 saturated carbocycles. The molecule has 2 aliphatic rings. The van der Waals surface area contributed by atoms with Crippen LogP contribution in [0.4, 0.5) is 10.2 Å². The van der Waals surface area contributed by atoms with Gasteiger partial charge in [0.2, 0.25) is 0 Å². The van der Waals surface area contributed by atoms with Gasteiger partial charge < -0.3 is 10.6 Å². The number of aromatic amines is 1. The lowest BCUT2D eigenvalue weighted by Gasteiger charge is -2.30. The Kier molecular flexibility index (Phi) is 2.57. The maximum atomic E-state index is 13.3. The van der Waals surface area contributed by atoms with E-state index in [1.165, 1.54) is 11.6 Å². The van der Waals surface area contributed by atoms with E-state index in [1.54, 1.807) is 6.07 Å². The monoisotopic (exact) mass is 272 g/mol. The summed E-state index contributed by atoms with van der Waals surface area (Å²) in [6, 6.07) is 5.28. The van der Waals surface area contributed by atoms with Crippen LogP contribution in [0.15, 0.2) is 18.2 Å². The van der Waals surface area contributed by atoms with Crippen molar-refractivity contribution in [2.75, 3.05) is 18.0 Å². The largest absolute Gasteiger partial charge is 0.355 e. The Balaban J connectivity index is 1.69. The van der Waals surface area contributed by atoms with Gasteiger partial charge in [0.05, 0.1) is 5.69 Å². The summed E-state index contributed by atoms with van der Waals surface area (Å²) in [6.07, 6.45) is 2.77. The van der Waals surface area contributed by atoms with Gasteiger partial charge in [0.15, 0.2) is 5.82 Å². The highest BCUT2D eigenvalue weighted by atomic mass is 19.1. The SMILES string of the molecule is NC1CCN(c2n[nH]c3c2Cc2cc(F)ccc2-3)CC1. The number of aromatic nitrogens is 2. The minimum absolute atomic E-state index is 0.174. The molecule has 0 bridgehead atoms. The van der Waals surface area contributed by atoms with Crippen LogP contribution in [0, 0.1) is 5.82 Å². The van der Waals surface area contributed by atoms with Crippen LogP contribution in [0.2, 0.25) is 0 Å².